The van der Waals surface area contributed by atoms with Crippen molar-refractivity contribution in [3.05, 3.63) is 80.7 Å². The number of halogens is 2. The number of piperidine rings is 1. The molecule has 0 bridgehead atoms. The number of aromatic nitrogens is 3. The molecule has 1 aliphatic carbocycles. The van der Waals surface area contributed by atoms with E-state index in [1.165, 1.54) is 0 Å². The van der Waals surface area contributed by atoms with E-state index in [4.69, 9.17) is 32.5 Å². The maximum atomic E-state index is 11.6. The highest BCUT2D eigenvalue weighted by molar-refractivity contribution is 6.33. The van der Waals surface area contributed by atoms with Gasteiger partial charge in [0.15, 0.2) is 5.69 Å². The van der Waals surface area contributed by atoms with Crippen molar-refractivity contribution in [1.82, 2.24) is 14.9 Å². The quantitative estimate of drug-likeness (QED) is 0.198. The zero-order chi connectivity index (χ0) is 30.5. The number of benzene rings is 2. The number of hydrogen-bond acceptors (Lipinski definition) is 7. The van der Waals surface area contributed by atoms with E-state index in [1.54, 1.807) is 16.8 Å². The molecule has 3 heterocycles. The molecule has 11 heteroatoms. The van der Waals surface area contributed by atoms with Gasteiger partial charge in [0.1, 0.15) is 29.6 Å². The Morgan fingerprint density at radius 3 is 2.51 bits per heavy atom. The number of carboxylic acids is 1. The van der Waals surface area contributed by atoms with Crippen LogP contribution in [-0.2, 0) is 12.2 Å². The van der Waals surface area contributed by atoms with Crippen LogP contribution in [0, 0.1) is 6.92 Å². The fourth-order valence-corrected chi connectivity index (χ4v) is 6.51. The summed E-state index contributed by atoms with van der Waals surface area (Å²) in [5, 5.41) is 30.8. The highest BCUT2D eigenvalue weighted by atomic mass is 35.5. The molecule has 226 valence electrons. The molecule has 2 aromatic carbocycles. The smallest absolute Gasteiger partial charge is 0.356 e. The first-order chi connectivity index (χ1) is 20.6. The highest BCUT2D eigenvalue weighted by Crippen LogP contribution is 2.46. The molecule has 4 aromatic rings. The van der Waals surface area contributed by atoms with Gasteiger partial charge in [0.2, 0.25) is 0 Å². The molecule has 0 radical (unpaired) electrons. The second-order valence-corrected chi connectivity index (χ2v) is 12.6. The number of carboxylic acid groups (broad SMARTS) is 1. The Kier molecular flexibility index (Phi) is 7.91. The molecular weight excluding hydrogens is 591 g/mol. The summed E-state index contributed by atoms with van der Waals surface area (Å²) in [6.07, 6.45) is 2.95. The van der Waals surface area contributed by atoms with Crippen LogP contribution in [0.3, 0.4) is 0 Å². The van der Waals surface area contributed by atoms with Gasteiger partial charge in [-0.05, 0) is 70.2 Å². The topological polar surface area (TPSA) is 114 Å². The molecule has 2 aliphatic rings. The normalized spacial score (nSPS) is 16.6. The van der Waals surface area contributed by atoms with E-state index in [0.717, 1.165) is 41.1 Å². The zero-order valence-electron chi connectivity index (χ0n) is 24.3. The minimum absolute atomic E-state index is 0.00568. The van der Waals surface area contributed by atoms with Crippen LogP contribution in [0.4, 0.5) is 5.82 Å². The molecule has 9 nitrogen and oxygen atoms in total. The predicted molar refractivity (Wildman–Crippen MR) is 164 cm³/mol. The Bertz CT molecular complexity index is 1650. The standard InChI is InChI=1S/C32H34Cl2N4O5/c1-18(2)38-27(16-26(35-38)31(39)40)37-13-11-32(41,12-14-37)23-10-9-21(15-25(23)34)42-17-22-29(36-43-30(22)20-7-8-20)28-19(3)5-4-6-24(28)33/h4-6,9-10,15-16,18,20,41H,7-8,11-14,17H2,1-3H3,(H,39,40). The van der Waals surface area contributed by atoms with Gasteiger partial charge in [0.05, 0.1) is 21.2 Å². The van der Waals surface area contributed by atoms with E-state index >= 15 is 0 Å². The van der Waals surface area contributed by atoms with Gasteiger partial charge in [-0.3, -0.25) is 0 Å². The molecule has 0 unspecified atom stereocenters. The third-order valence-corrected chi connectivity index (χ3v) is 9.02. The van der Waals surface area contributed by atoms with Gasteiger partial charge >= 0.3 is 5.97 Å². The molecular formula is C32H34Cl2N4O5. The van der Waals surface area contributed by atoms with Gasteiger partial charge in [-0.2, -0.15) is 5.10 Å². The molecule has 2 aromatic heterocycles. The minimum Gasteiger partial charge on any atom is -0.489 e. The number of carbonyl (C=O) groups is 1. The molecule has 0 spiro atoms. The highest BCUT2D eigenvalue weighted by Gasteiger charge is 2.37. The summed E-state index contributed by atoms with van der Waals surface area (Å²) in [7, 11) is 0. The van der Waals surface area contributed by atoms with Gasteiger partial charge in [-0.1, -0.05) is 46.6 Å². The van der Waals surface area contributed by atoms with Crippen molar-refractivity contribution < 1.29 is 24.3 Å². The molecule has 6 rings (SSSR count). The van der Waals surface area contributed by atoms with E-state index in [-0.39, 0.29) is 18.3 Å². The van der Waals surface area contributed by atoms with Gasteiger partial charge in [0.25, 0.3) is 0 Å². The first-order valence-corrected chi connectivity index (χ1v) is 15.3. The lowest BCUT2D eigenvalue weighted by Crippen LogP contribution is -2.43. The van der Waals surface area contributed by atoms with Crippen LogP contribution in [0.15, 0.2) is 47.0 Å². The van der Waals surface area contributed by atoms with Crippen molar-refractivity contribution in [1.29, 1.82) is 0 Å². The van der Waals surface area contributed by atoms with Crippen LogP contribution >= 0.6 is 23.2 Å². The molecule has 1 aliphatic heterocycles. The first-order valence-electron chi connectivity index (χ1n) is 14.5. The van der Waals surface area contributed by atoms with Crippen molar-refractivity contribution in [2.45, 2.75) is 70.6 Å². The summed E-state index contributed by atoms with van der Waals surface area (Å²) >= 11 is 13.3. The predicted octanol–water partition coefficient (Wildman–Crippen LogP) is 7.38. The van der Waals surface area contributed by atoms with Crippen LogP contribution in [-0.4, -0.2) is 44.2 Å². The molecule has 43 heavy (non-hydrogen) atoms. The third kappa shape index (κ3) is 5.73. The summed E-state index contributed by atoms with van der Waals surface area (Å²) in [4.78, 5) is 13.6. The lowest BCUT2D eigenvalue weighted by Gasteiger charge is -2.40. The van der Waals surface area contributed by atoms with Crippen molar-refractivity contribution >= 4 is 35.0 Å². The van der Waals surface area contributed by atoms with Crippen molar-refractivity contribution in [2.24, 2.45) is 0 Å². The Morgan fingerprint density at radius 1 is 1.14 bits per heavy atom. The average molecular weight is 626 g/mol. The lowest BCUT2D eigenvalue weighted by atomic mass is 9.84. The number of aromatic carboxylic acids is 1. The summed E-state index contributed by atoms with van der Waals surface area (Å²) in [5.74, 6) is 1.42. The number of aryl methyl sites for hydroxylation is 1. The zero-order valence-corrected chi connectivity index (χ0v) is 25.8. The fraction of sp³-hybridized carbons (Fsp3) is 0.406. The maximum absolute atomic E-state index is 11.6. The average Bonchev–Trinajstić information content (AvgIpc) is 3.56. The first kappa shape index (κ1) is 29.5. The molecule has 0 atom stereocenters. The Balaban J connectivity index is 1.18. The summed E-state index contributed by atoms with van der Waals surface area (Å²) < 4.78 is 13.7. The lowest BCUT2D eigenvalue weighted by molar-refractivity contribution is 0.0115. The van der Waals surface area contributed by atoms with Crippen molar-refractivity contribution in [2.75, 3.05) is 18.0 Å². The van der Waals surface area contributed by atoms with E-state index < -0.39 is 11.6 Å². The minimum atomic E-state index is -1.13. The van der Waals surface area contributed by atoms with Gasteiger partial charge in [-0.15, -0.1) is 0 Å². The van der Waals surface area contributed by atoms with Crippen LogP contribution < -0.4 is 9.64 Å². The number of rotatable bonds is 9. The van der Waals surface area contributed by atoms with Gasteiger partial charge < -0.3 is 24.4 Å². The summed E-state index contributed by atoms with van der Waals surface area (Å²) in [6, 6.07) is 12.7. The Hall–Kier alpha value is -3.53. The number of ether oxygens (including phenoxy) is 1. The largest absolute Gasteiger partial charge is 0.489 e. The fourth-order valence-electron chi connectivity index (χ4n) is 5.85. The van der Waals surface area contributed by atoms with Crippen LogP contribution in [0.25, 0.3) is 11.3 Å². The van der Waals surface area contributed by atoms with E-state index in [9.17, 15) is 15.0 Å². The van der Waals surface area contributed by atoms with Crippen molar-refractivity contribution in [3.8, 4) is 17.0 Å². The van der Waals surface area contributed by atoms with E-state index in [1.807, 2.05) is 51.1 Å². The Morgan fingerprint density at radius 2 is 1.88 bits per heavy atom. The molecule has 0 amide bonds. The van der Waals surface area contributed by atoms with Crippen LogP contribution in [0.1, 0.15) is 84.4 Å². The summed E-state index contributed by atoms with van der Waals surface area (Å²) in [5.41, 5.74) is 2.95. The number of hydrogen-bond donors (Lipinski definition) is 2. The van der Waals surface area contributed by atoms with Crippen molar-refractivity contribution in [3.63, 3.8) is 0 Å². The Labute approximate surface area is 260 Å². The second kappa shape index (κ2) is 11.5. The van der Waals surface area contributed by atoms with E-state index in [2.05, 4.69) is 15.2 Å². The van der Waals surface area contributed by atoms with Crippen LogP contribution in [0.2, 0.25) is 10.0 Å². The second-order valence-electron chi connectivity index (χ2n) is 11.8. The molecule has 1 saturated carbocycles. The number of anilines is 1. The molecule has 2 N–H and O–H groups in total. The van der Waals surface area contributed by atoms with Gasteiger partial charge in [-0.25, -0.2) is 9.48 Å². The molecule has 2 fully saturated rings. The van der Waals surface area contributed by atoms with Gasteiger partial charge in [0, 0.05) is 42.2 Å². The summed E-state index contributed by atoms with van der Waals surface area (Å²) in [6.45, 7) is 7.19. The number of aliphatic hydroxyl groups is 1. The SMILES string of the molecule is Cc1cccc(Cl)c1-c1noc(C2CC2)c1COc1ccc(C2(O)CCN(c3cc(C(=O)O)nn3C(C)C)CC2)c(Cl)c1. The molecule has 1 saturated heterocycles. The van der Waals surface area contributed by atoms with Crippen LogP contribution in [0.5, 0.6) is 5.75 Å². The van der Waals surface area contributed by atoms with E-state index in [0.29, 0.717) is 58.9 Å². The number of nitrogens with zero attached hydrogens (tertiary/aromatic N) is 4. The monoisotopic (exact) mass is 624 g/mol. The third-order valence-electron chi connectivity index (χ3n) is 8.39. The maximum Gasteiger partial charge on any atom is 0.356 e.